The molecule has 0 fully saturated rings. The van der Waals surface area contributed by atoms with Gasteiger partial charge >= 0.3 is 0 Å². The molecule has 0 radical (unpaired) electrons. The topological polar surface area (TPSA) is 100 Å². The van der Waals surface area contributed by atoms with E-state index in [9.17, 15) is 13.0 Å². The maximum absolute atomic E-state index is 12.7. The SMILES string of the molecule is CCN1/C(=C/C=C2C=C(/C=C/c3sc4ccccc4[n+]3CC)CC(SOOO)(S(=O)(=O)O)C/2)Sc2ccccc21. The van der Waals surface area contributed by atoms with Gasteiger partial charge in [-0.2, -0.15) is 13.0 Å². The number of thiazole rings is 1. The number of fused-ring (bicyclic) bond motifs is 2. The van der Waals surface area contributed by atoms with Crippen LogP contribution in [0.3, 0.4) is 0 Å². The van der Waals surface area contributed by atoms with Crippen molar-refractivity contribution in [3.8, 4) is 0 Å². The van der Waals surface area contributed by atoms with Gasteiger partial charge in [-0.15, -0.1) is 4.33 Å². The normalized spacial score (nSPS) is 21.6. The number of anilines is 1. The Morgan fingerprint density at radius 2 is 1.88 bits per heavy atom. The van der Waals surface area contributed by atoms with Crippen LogP contribution in [-0.2, 0) is 26.0 Å². The molecule has 0 amide bonds. The van der Waals surface area contributed by atoms with E-state index in [1.165, 1.54) is 0 Å². The number of hydrogen-bond acceptors (Lipinski definition) is 9. The predicted octanol–water partition coefficient (Wildman–Crippen LogP) is 7.00. The average molecular weight is 618 g/mol. The van der Waals surface area contributed by atoms with Crippen molar-refractivity contribution >= 4 is 67.2 Å². The van der Waals surface area contributed by atoms with E-state index in [1.807, 2.05) is 54.6 Å². The molecule has 40 heavy (non-hydrogen) atoms. The van der Waals surface area contributed by atoms with E-state index in [2.05, 4.69) is 57.0 Å². The van der Waals surface area contributed by atoms with Crippen molar-refractivity contribution in [1.82, 2.24) is 0 Å². The third-order valence-electron chi connectivity index (χ3n) is 6.79. The van der Waals surface area contributed by atoms with Crippen LogP contribution in [0.1, 0.15) is 31.7 Å². The Morgan fingerprint density at radius 1 is 1.10 bits per heavy atom. The maximum Gasteiger partial charge on any atom is 0.283 e. The Balaban J connectivity index is 1.54. The van der Waals surface area contributed by atoms with Gasteiger partial charge in [-0.3, -0.25) is 4.55 Å². The summed E-state index contributed by atoms with van der Waals surface area (Å²) >= 11 is 3.67. The first kappa shape index (κ1) is 29.1. The molecule has 3 aromatic rings. The molecule has 0 bridgehead atoms. The van der Waals surface area contributed by atoms with Gasteiger partial charge in [0.05, 0.1) is 22.8 Å². The first-order valence-corrected chi connectivity index (χ1v) is 16.5. The highest BCUT2D eigenvalue weighted by molar-refractivity contribution is 8.10. The van der Waals surface area contributed by atoms with Gasteiger partial charge in [0.1, 0.15) is 11.2 Å². The molecule has 0 saturated carbocycles. The van der Waals surface area contributed by atoms with Crippen LogP contribution in [0.2, 0.25) is 0 Å². The lowest BCUT2D eigenvalue weighted by molar-refractivity contribution is -0.665. The van der Waals surface area contributed by atoms with E-state index in [4.69, 9.17) is 5.26 Å². The summed E-state index contributed by atoms with van der Waals surface area (Å²) in [7, 11) is -4.65. The summed E-state index contributed by atoms with van der Waals surface area (Å²) < 4.78 is 41.9. The number of aromatic nitrogens is 1. The summed E-state index contributed by atoms with van der Waals surface area (Å²) in [5.74, 6) is 0. The zero-order valence-electron chi connectivity index (χ0n) is 21.9. The van der Waals surface area contributed by atoms with Crippen molar-refractivity contribution in [1.29, 1.82) is 0 Å². The van der Waals surface area contributed by atoms with Crippen molar-refractivity contribution in [3.63, 3.8) is 0 Å². The smallest absolute Gasteiger partial charge is 0.283 e. The molecule has 2 N–H and O–H groups in total. The van der Waals surface area contributed by atoms with E-state index >= 15 is 0 Å². The highest BCUT2D eigenvalue weighted by Crippen LogP contribution is 2.48. The number of allylic oxidation sites excluding steroid dienone is 6. The van der Waals surface area contributed by atoms with Gasteiger partial charge in [0, 0.05) is 36.4 Å². The molecule has 1 atom stereocenters. The zero-order valence-corrected chi connectivity index (χ0v) is 25.2. The van der Waals surface area contributed by atoms with Crippen LogP contribution in [0.5, 0.6) is 0 Å². The first-order chi connectivity index (χ1) is 19.3. The van der Waals surface area contributed by atoms with Crippen LogP contribution in [0.15, 0.2) is 93.9 Å². The lowest BCUT2D eigenvalue weighted by Crippen LogP contribution is -2.38. The number of thioether (sulfide) groups is 1. The summed E-state index contributed by atoms with van der Waals surface area (Å²) in [5, 5.41) is 14.6. The monoisotopic (exact) mass is 617 g/mol. The molecule has 1 aliphatic heterocycles. The minimum atomic E-state index is -4.65. The minimum Gasteiger partial charge on any atom is -0.335 e. The second kappa shape index (κ2) is 12.2. The molecule has 0 spiro atoms. The van der Waals surface area contributed by atoms with Crippen molar-refractivity contribution in [3.05, 3.63) is 94.0 Å². The molecule has 2 aliphatic rings. The van der Waals surface area contributed by atoms with Crippen LogP contribution in [-0.4, -0.2) is 28.9 Å². The van der Waals surface area contributed by atoms with Crippen LogP contribution in [0, 0.1) is 0 Å². The fraction of sp³-hybridized carbons (Fsp3) is 0.250. The largest absolute Gasteiger partial charge is 0.335 e. The van der Waals surface area contributed by atoms with E-state index in [0.717, 1.165) is 43.9 Å². The van der Waals surface area contributed by atoms with Crippen molar-refractivity contribution in [2.24, 2.45) is 0 Å². The summed E-state index contributed by atoms with van der Waals surface area (Å²) in [6, 6.07) is 16.3. The summed E-state index contributed by atoms with van der Waals surface area (Å²) in [6.45, 7) is 5.72. The van der Waals surface area contributed by atoms with Gasteiger partial charge in [0.2, 0.25) is 5.52 Å². The molecule has 1 aliphatic carbocycles. The summed E-state index contributed by atoms with van der Waals surface area (Å²) in [5.41, 5.74) is 3.62. The van der Waals surface area contributed by atoms with Crippen LogP contribution in [0.4, 0.5) is 5.69 Å². The molecular formula is C28H29N2O6S4+. The molecule has 8 nitrogen and oxygen atoms in total. The van der Waals surface area contributed by atoms with Gasteiger partial charge in [-0.25, -0.2) is 5.26 Å². The Hall–Kier alpha value is -2.42. The van der Waals surface area contributed by atoms with Crippen molar-refractivity contribution < 1.29 is 32.2 Å². The van der Waals surface area contributed by atoms with Crippen LogP contribution < -0.4 is 9.47 Å². The number of aryl methyl sites for hydroxylation is 1. The third kappa shape index (κ3) is 5.81. The summed E-state index contributed by atoms with van der Waals surface area (Å²) in [4.78, 5) is 3.35. The van der Waals surface area contributed by atoms with E-state index < -0.39 is 14.2 Å². The number of benzene rings is 2. The number of rotatable bonds is 9. The number of para-hydroxylation sites is 2. The molecule has 5 rings (SSSR count). The fourth-order valence-electron chi connectivity index (χ4n) is 4.96. The molecule has 1 unspecified atom stereocenters. The van der Waals surface area contributed by atoms with Crippen molar-refractivity contribution in [2.75, 3.05) is 11.4 Å². The first-order valence-electron chi connectivity index (χ1n) is 12.7. The highest BCUT2D eigenvalue weighted by atomic mass is 32.3. The average Bonchev–Trinajstić information content (AvgIpc) is 3.50. The molecule has 1 aromatic heterocycles. The molecule has 0 saturated heterocycles. The lowest BCUT2D eigenvalue weighted by Gasteiger charge is -2.32. The molecule has 210 valence electrons. The number of hydrogen-bond donors (Lipinski definition) is 2. The van der Waals surface area contributed by atoms with Crippen molar-refractivity contribution in [2.45, 2.75) is 42.2 Å². The van der Waals surface area contributed by atoms with E-state index in [-0.39, 0.29) is 12.8 Å². The molecule has 2 aromatic carbocycles. The van der Waals surface area contributed by atoms with Gasteiger partial charge in [0.25, 0.3) is 15.1 Å². The zero-order chi connectivity index (χ0) is 28.3. The predicted molar refractivity (Wildman–Crippen MR) is 162 cm³/mol. The Labute approximate surface area is 246 Å². The standard InChI is InChI=1S/C28H28N2O6S4/c1-3-29-22-9-5-7-11-24(22)37-26(29)15-13-20-17-21(19-28(18-20,39-36-35-31)40(32,33)34)14-16-27-30(4-2)23-10-6-8-12-25(23)38-27/h5-17H,3-4,18-19H2,1-2H3,(H-,31,32,33,34)/p+1. The van der Waals surface area contributed by atoms with Gasteiger partial charge < -0.3 is 4.90 Å². The maximum atomic E-state index is 12.7. The number of nitrogens with zero attached hydrogens (tertiary/aromatic N) is 2. The van der Waals surface area contributed by atoms with Gasteiger partial charge in [-0.05, 0) is 49.3 Å². The van der Waals surface area contributed by atoms with E-state index in [0.29, 0.717) is 23.2 Å². The minimum absolute atomic E-state index is 0.0530. The molecule has 12 heteroatoms. The van der Waals surface area contributed by atoms with Gasteiger partial charge in [-0.1, -0.05) is 70.6 Å². The van der Waals surface area contributed by atoms with Crippen LogP contribution >= 0.6 is 35.1 Å². The fourth-order valence-corrected chi connectivity index (χ4v) is 8.95. The molecule has 2 heterocycles. The lowest BCUT2D eigenvalue weighted by atomic mass is 9.93. The molecular weight excluding hydrogens is 589 g/mol. The van der Waals surface area contributed by atoms with Gasteiger partial charge in [0.15, 0.2) is 4.08 Å². The third-order valence-corrected chi connectivity index (χ3v) is 11.8. The summed E-state index contributed by atoms with van der Waals surface area (Å²) in [6.07, 6.45) is 9.50. The Morgan fingerprint density at radius 3 is 2.62 bits per heavy atom. The second-order valence-corrected chi connectivity index (χ2v) is 14.4. The Kier molecular flexibility index (Phi) is 8.88. The quantitative estimate of drug-likeness (QED) is 0.0865. The Bertz CT molecular complexity index is 1640. The van der Waals surface area contributed by atoms with E-state index in [1.54, 1.807) is 23.1 Å². The second-order valence-electron chi connectivity index (χ2n) is 9.23. The van der Waals surface area contributed by atoms with Crippen LogP contribution in [0.25, 0.3) is 16.3 Å². The highest BCUT2D eigenvalue weighted by Gasteiger charge is 2.48.